The van der Waals surface area contributed by atoms with Gasteiger partial charge in [0.25, 0.3) is 0 Å². The first-order valence-corrected chi connectivity index (χ1v) is 9.25. The van der Waals surface area contributed by atoms with Gasteiger partial charge in [-0.05, 0) is 75.8 Å². The van der Waals surface area contributed by atoms with E-state index in [0.717, 1.165) is 6.54 Å². The predicted molar refractivity (Wildman–Crippen MR) is 93.9 cm³/mol. The predicted octanol–water partition coefficient (Wildman–Crippen LogP) is 5.19. The molecule has 0 saturated heterocycles. The van der Waals surface area contributed by atoms with E-state index in [1.807, 2.05) is 11.8 Å². The Morgan fingerprint density at radius 3 is 2.20 bits per heavy atom. The topological polar surface area (TPSA) is 12.0 Å². The summed E-state index contributed by atoms with van der Waals surface area (Å²) in [5.74, 6) is 1.31. The van der Waals surface area contributed by atoms with Crippen LogP contribution in [0, 0.1) is 20.8 Å². The van der Waals surface area contributed by atoms with Crippen LogP contribution in [0.25, 0.3) is 0 Å². The highest BCUT2D eigenvalue weighted by molar-refractivity contribution is 7.98. The molecule has 1 unspecified atom stereocenters. The average molecular weight is 294 g/mol. The smallest absolute Gasteiger partial charge is 0.0297 e. The fraction of sp³-hybridized carbons (Fsp3) is 0.667. The standard InChI is InChI=1S/C18H31NS/c1-14-12-15(2)18(16(3)13-14)17(4)19-10-8-6-7-9-11-20-5/h12-13,17,19H,6-11H2,1-5H3. The molecule has 1 N–H and O–H groups in total. The largest absolute Gasteiger partial charge is 0.310 e. The Hall–Kier alpha value is -0.470. The normalized spacial score (nSPS) is 12.7. The zero-order valence-corrected chi connectivity index (χ0v) is 14.7. The second-order valence-corrected chi connectivity index (χ2v) is 6.88. The van der Waals surface area contributed by atoms with Gasteiger partial charge in [-0.1, -0.05) is 30.5 Å². The maximum absolute atomic E-state index is 3.69. The van der Waals surface area contributed by atoms with Crippen molar-refractivity contribution in [3.63, 3.8) is 0 Å². The van der Waals surface area contributed by atoms with E-state index in [-0.39, 0.29) is 0 Å². The number of benzene rings is 1. The molecule has 0 aliphatic heterocycles. The van der Waals surface area contributed by atoms with Gasteiger partial charge < -0.3 is 5.32 Å². The molecule has 2 heteroatoms. The fourth-order valence-electron chi connectivity index (χ4n) is 3.02. The molecule has 0 heterocycles. The Labute approximate surface area is 129 Å². The molecule has 1 aromatic rings. The van der Waals surface area contributed by atoms with Crippen molar-refractivity contribution in [2.45, 2.75) is 59.4 Å². The van der Waals surface area contributed by atoms with E-state index in [2.05, 4.69) is 51.4 Å². The third kappa shape index (κ3) is 5.88. The molecule has 0 amide bonds. The summed E-state index contributed by atoms with van der Waals surface area (Å²) in [4.78, 5) is 0. The summed E-state index contributed by atoms with van der Waals surface area (Å²) in [5, 5.41) is 3.69. The van der Waals surface area contributed by atoms with Crippen LogP contribution in [0.3, 0.4) is 0 Å². The molecule has 1 rings (SSSR count). The summed E-state index contributed by atoms with van der Waals surface area (Å²) in [7, 11) is 0. The molecule has 0 aliphatic carbocycles. The van der Waals surface area contributed by atoms with Gasteiger partial charge in [-0.15, -0.1) is 0 Å². The van der Waals surface area contributed by atoms with Crippen molar-refractivity contribution >= 4 is 11.8 Å². The van der Waals surface area contributed by atoms with Crippen molar-refractivity contribution in [2.75, 3.05) is 18.6 Å². The summed E-state index contributed by atoms with van der Waals surface area (Å²) in [6.45, 7) is 10.1. The summed E-state index contributed by atoms with van der Waals surface area (Å²) >= 11 is 1.96. The van der Waals surface area contributed by atoms with Gasteiger partial charge in [0.2, 0.25) is 0 Å². The third-order valence-electron chi connectivity index (χ3n) is 3.90. The molecule has 0 spiro atoms. The number of hydrogen-bond acceptors (Lipinski definition) is 2. The highest BCUT2D eigenvalue weighted by Gasteiger charge is 2.10. The van der Waals surface area contributed by atoms with Crippen LogP contribution in [0.15, 0.2) is 12.1 Å². The van der Waals surface area contributed by atoms with Crippen LogP contribution in [-0.2, 0) is 0 Å². The fourth-order valence-corrected chi connectivity index (χ4v) is 3.51. The first kappa shape index (κ1) is 17.6. The van der Waals surface area contributed by atoms with E-state index >= 15 is 0 Å². The molecular formula is C18H31NS. The van der Waals surface area contributed by atoms with Gasteiger partial charge in [-0.2, -0.15) is 11.8 Å². The van der Waals surface area contributed by atoms with Crippen LogP contribution in [-0.4, -0.2) is 18.6 Å². The van der Waals surface area contributed by atoms with Crippen molar-refractivity contribution < 1.29 is 0 Å². The maximum Gasteiger partial charge on any atom is 0.0297 e. The summed E-state index contributed by atoms with van der Waals surface area (Å²) in [6.07, 6.45) is 7.58. The Kier molecular flexibility index (Phi) is 8.32. The Balaban J connectivity index is 2.34. The average Bonchev–Trinajstić information content (AvgIpc) is 2.36. The highest BCUT2D eigenvalue weighted by Crippen LogP contribution is 2.23. The van der Waals surface area contributed by atoms with E-state index in [4.69, 9.17) is 0 Å². The van der Waals surface area contributed by atoms with E-state index in [0.29, 0.717) is 6.04 Å². The van der Waals surface area contributed by atoms with Crippen molar-refractivity contribution in [3.8, 4) is 0 Å². The minimum absolute atomic E-state index is 0.460. The molecule has 1 atom stereocenters. The first-order valence-electron chi connectivity index (χ1n) is 7.86. The second-order valence-electron chi connectivity index (χ2n) is 5.90. The second kappa shape index (κ2) is 9.46. The summed E-state index contributed by atoms with van der Waals surface area (Å²) in [6, 6.07) is 5.05. The van der Waals surface area contributed by atoms with Gasteiger partial charge in [0, 0.05) is 6.04 Å². The zero-order chi connectivity index (χ0) is 15.0. The molecule has 114 valence electrons. The van der Waals surface area contributed by atoms with Gasteiger partial charge >= 0.3 is 0 Å². The Morgan fingerprint density at radius 1 is 1.00 bits per heavy atom. The van der Waals surface area contributed by atoms with E-state index in [1.54, 1.807) is 0 Å². The molecule has 1 nitrogen and oxygen atoms in total. The lowest BCUT2D eigenvalue weighted by Crippen LogP contribution is -2.21. The quantitative estimate of drug-likeness (QED) is 0.629. The number of thioether (sulfide) groups is 1. The molecule has 0 fully saturated rings. The zero-order valence-electron chi connectivity index (χ0n) is 13.9. The van der Waals surface area contributed by atoms with Crippen LogP contribution >= 0.6 is 11.8 Å². The molecule has 20 heavy (non-hydrogen) atoms. The van der Waals surface area contributed by atoms with Gasteiger partial charge in [0.1, 0.15) is 0 Å². The lowest BCUT2D eigenvalue weighted by atomic mass is 9.95. The van der Waals surface area contributed by atoms with E-state index < -0.39 is 0 Å². The van der Waals surface area contributed by atoms with Gasteiger partial charge in [-0.25, -0.2) is 0 Å². The summed E-state index contributed by atoms with van der Waals surface area (Å²) in [5.41, 5.74) is 5.69. The van der Waals surface area contributed by atoms with Gasteiger partial charge in [0.15, 0.2) is 0 Å². The number of unbranched alkanes of at least 4 members (excludes halogenated alkanes) is 3. The van der Waals surface area contributed by atoms with Gasteiger partial charge in [-0.3, -0.25) is 0 Å². The Bertz CT molecular complexity index is 377. The minimum atomic E-state index is 0.460. The lowest BCUT2D eigenvalue weighted by Gasteiger charge is -2.20. The third-order valence-corrected chi connectivity index (χ3v) is 4.59. The molecule has 0 aromatic heterocycles. The SMILES string of the molecule is CSCCCCCCNC(C)c1c(C)cc(C)cc1C. The van der Waals surface area contributed by atoms with Crippen molar-refractivity contribution in [2.24, 2.45) is 0 Å². The monoisotopic (exact) mass is 293 g/mol. The van der Waals surface area contributed by atoms with Crippen LogP contribution in [0.5, 0.6) is 0 Å². The van der Waals surface area contributed by atoms with Crippen LogP contribution < -0.4 is 5.32 Å². The molecule has 0 saturated carbocycles. The van der Waals surface area contributed by atoms with Crippen LogP contribution in [0.2, 0.25) is 0 Å². The molecule has 0 bridgehead atoms. The maximum atomic E-state index is 3.69. The van der Waals surface area contributed by atoms with Crippen molar-refractivity contribution in [1.29, 1.82) is 0 Å². The minimum Gasteiger partial charge on any atom is -0.310 e. The molecule has 0 radical (unpaired) electrons. The highest BCUT2D eigenvalue weighted by atomic mass is 32.2. The molecule has 1 aromatic carbocycles. The Morgan fingerprint density at radius 2 is 1.60 bits per heavy atom. The first-order chi connectivity index (χ1) is 9.56. The number of hydrogen-bond donors (Lipinski definition) is 1. The molecular weight excluding hydrogens is 262 g/mol. The number of rotatable bonds is 9. The van der Waals surface area contributed by atoms with E-state index in [9.17, 15) is 0 Å². The number of nitrogens with one attached hydrogen (secondary N) is 1. The van der Waals surface area contributed by atoms with E-state index in [1.165, 1.54) is 53.7 Å². The van der Waals surface area contributed by atoms with Crippen LogP contribution in [0.1, 0.15) is 60.9 Å². The van der Waals surface area contributed by atoms with Gasteiger partial charge in [0.05, 0.1) is 0 Å². The van der Waals surface area contributed by atoms with Crippen LogP contribution in [0.4, 0.5) is 0 Å². The molecule has 0 aliphatic rings. The number of aryl methyl sites for hydroxylation is 3. The van der Waals surface area contributed by atoms with Crippen molar-refractivity contribution in [3.05, 3.63) is 34.4 Å². The van der Waals surface area contributed by atoms with Crippen molar-refractivity contribution in [1.82, 2.24) is 5.32 Å². The lowest BCUT2D eigenvalue weighted by molar-refractivity contribution is 0.534. The summed E-state index contributed by atoms with van der Waals surface area (Å²) < 4.78 is 0.